The van der Waals surface area contributed by atoms with Gasteiger partial charge >= 0.3 is 6.61 Å². The maximum Gasteiger partial charge on any atom is 0.387 e. The summed E-state index contributed by atoms with van der Waals surface area (Å²) in [6.45, 7) is -2.90. The van der Waals surface area contributed by atoms with E-state index in [9.17, 15) is 13.6 Å². The Morgan fingerprint density at radius 3 is 2.43 bits per heavy atom. The van der Waals surface area contributed by atoms with Crippen molar-refractivity contribution in [3.05, 3.63) is 54.6 Å². The summed E-state index contributed by atoms with van der Waals surface area (Å²) in [6, 6.07) is 10.7. The van der Waals surface area contributed by atoms with Gasteiger partial charge in [0.05, 0.1) is 19.9 Å². The van der Waals surface area contributed by atoms with Gasteiger partial charge in [-0.1, -0.05) is 0 Å². The van der Waals surface area contributed by atoms with Crippen molar-refractivity contribution in [3.63, 3.8) is 0 Å². The molecule has 10 heteroatoms. The summed E-state index contributed by atoms with van der Waals surface area (Å²) < 4.78 is 40.4. The monoisotopic (exact) mass is 390 g/mol. The molecule has 0 spiro atoms. The molecule has 28 heavy (non-hydrogen) atoms. The molecular formula is C18H16F2N4O4. The molecule has 0 bridgehead atoms. The van der Waals surface area contributed by atoms with Gasteiger partial charge in [0.25, 0.3) is 5.91 Å². The summed E-state index contributed by atoms with van der Waals surface area (Å²) >= 11 is 0. The fourth-order valence-corrected chi connectivity index (χ4v) is 2.37. The molecule has 1 aromatic heterocycles. The van der Waals surface area contributed by atoms with Crippen LogP contribution in [0.25, 0.3) is 5.69 Å². The molecule has 0 aliphatic carbocycles. The van der Waals surface area contributed by atoms with Gasteiger partial charge in [-0.25, -0.2) is 9.67 Å². The van der Waals surface area contributed by atoms with Gasteiger partial charge in [-0.15, -0.1) is 5.10 Å². The van der Waals surface area contributed by atoms with Crippen molar-refractivity contribution in [3.8, 4) is 22.9 Å². The largest absolute Gasteiger partial charge is 0.493 e. The number of amides is 1. The van der Waals surface area contributed by atoms with Crippen molar-refractivity contribution in [2.45, 2.75) is 6.61 Å². The van der Waals surface area contributed by atoms with E-state index in [-0.39, 0.29) is 11.6 Å². The van der Waals surface area contributed by atoms with Crippen molar-refractivity contribution in [2.24, 2.45) is 0 Å². The van der Waals surface area contributed by atoms with Gasteiger partial charge in [0.15, 0.2) is 11.5 Å². The van der Waals surface area contributed by atoms with Crippen molar-refractivity contribution < 1.29 is 27.8 Å². The molecule has 1 N–H and O–H groups in total. The number of hydrogen-bond donors (Lipinski definition) is 1. The molecule has 3 rings (SSSR count). The molecule has 0 aliphatic heterocycles. The van der Waals surface area contributed by atoms with E-state index in [1.54, 1.807) is 18.2 Å². The second-order valence-corrected chi connectivity index (χ2v) is 5.41. The van der Waals surface area contributed by atoms with Crippen LogP contribution in [-0.2, 0) is 0 Å². The van der Waals surface area contributed by atoms with Crippen LogP contribution >= 0.6 is 0 Å². The SMILES string of the molecule is COc1ccc(NC(=O)c2ncn(-c3ccc(OC(F)F)cc3)n2)cc1OC. The van der Waals surface area contributed by atoms with Crippen LogP contribution in [0.15, 0.2) is 48.8 Å². The molecule has 0 saturated carbocycles. The third-order valence-corrected chi connectivity index (χ3v) is 3.66. The van der Waals surface area contributed by atoms with Crippen molar-refractivity contribution in [1.82, 2.24) is 14.8 Å². The van der Waals surface area contributed by atoms with Gasteiger partial charge in [0.1, 0.15) is 12.1 Å². The summed E-state index contributed by atoms with van der Waals surface area (Å²) in [5, 5.41) is 6.76. The fourth-order valence-electron chi connectivity index (χ4n) is 2.37. The molecule has 0 unspecified atom stereocenters. The number of halogens is 2. The minimum Gasteiger partial charge on any atom is -0.493 e. The number of carbonyl (C=O) groups is 1. The second-order valence-electron chi connectivity index (χ2n) is 5.41. The first-order valence-corrected chi connectivity index (χ1v) is 8.00. The lowest BCUT2D eigenvalue weighted by atomic mass is 10.2. The van der Waals surface area contributed by atoms with E-state index in [0.29, 0.717) is 22.9 Å². The molecule has 2 aromatic carbocycles. The standard InChI is InChI=1S/C18H16F2N4O4/c1-26-14-8-3-11(9-15(14)27-2)22-17(25)16-21-10-24(23-16)12-4-6-13(7-5-12)28-18(19)20/h3-10,18H,1-2H3,(H,22,25). The minimum absolute atomic E-state index is 0.0188. The van der Waals surface area contributed by atoms with Crippen LogP contribution in [0, 0.1) is 0 Å². The van der Waals surface area contributed by atoms with Crippen LogP contribution in [-0.4, -0.2) is 41.5 Å². The Morgan fingerprint density at radius 2 is 1.79 bits per heavy atom. The maximum absolute atomic E-state index is 12.4. The van der Waals surface area contributed by atoms with Gasteiger partial charge in [-0.3, -0.25) is 4.79 Å². The predicted octanol–water partition coefficient (Wildman–Crippen LogP) is 3.14. The Bertz CT molecular complexity index is 960. The summed E-state index contributed by atoms with van der Waals surface area (Å²) in [6.07, 6.45) is 1.34. The van der Waals surface area contributed by atoms with Gasteiger partial charge < -0.3 is 19.5 Å². The molecule has 8 nitrogen and oxygen atoms in total. The summed E-state index contributed by atoms with van der Waals surface area (Å²) in [5.74, 6) is 0.420. The van der Waals surface area contributed by atoms with Gasteiger partial charge in [0, 0.05) is 11.8 Å². The van der Waals surface area contributed by atoms with E-state index >= 15 is 0 Å². The van der Waals surface area contributed by atoms with Crippen molar-refractivity contribution >= 4 is 11.6 Å². The Hall–Kier alpha value is -3.69. The maximum atomic E-state index is 12.4. The zero-order chi connectivity index (χ0) is 20.1. The lowest BCUT2D eigenvalue weighted by Gasteiger charge is -2.09. The van der Waals surface area contributed by atoms with Gasteiger partial charge in [0.2, 0.25) is 5.82 Å². The smallest absolute Gasteiger partial charge is 0.387 e. The number of anilines is 1. The first-order chi connectivity index (χ1) is 13.5. The molecule has 146 valence electrons. The average molecular weight is 390 g/mol. The quantitative estimate of drug-likeness (QED) is 0.667. The minimum atomic E-state index is -2.90. The topological polar surface area (TPSA) is 87.5 Å². The number of ether oxygens (including phenoxy) is 3. The van der Waals surface area contributed by atoms with Crippen LogP contribution in [0.4, 0.5) is 14.5 Å². The van der Waals surface area contributed by atoms with Crippen molar-refractivity contribution in [1.29, 1.82) is 0 Å². The van der Waals surface area contributed by atoms with Crippen molar-refractivity contribution in [2.75, 3.05) is 19.5 Å². The van der Waals surface area contributed by atoms with Gasteiger partial charge in [-0.05, 0) is 36.4 Å². The van der Waals surface area contributed by atoms with Crippen LogP contribution in [0.1, 0.15) is 10.6 Å². The van der Waals surface area contributed by atoms with Crippen LogP contribution < -0.4 is 19.5 Å². The molecule has 1 amide bonds. The second kappa shape index (κ2) is 8.33. The summed E-state index contributed by atoms with van der Waals surface area (Å²) in [4.78, 5) is 16.3. The van der Waals surface area contributed by atoms with E-state index in [4.69, 9.17) is 9.47 Å². The molecule has 0 aliphatic rings. The van der Waals surface area contributed by atoms with Gasteiger partial charge in [-0.2, -0.15) is 8.78 Å². The van der Waals surface area contributed by atoms with E-state index in [0.717, 1.165) is 0 Å². The molecule has 3 aromatic rings. The van der Waals surface area contributed by atoms with E-state index in [1.807, 2.05) is 0 Å². The van der Waals surface area contributed by atoms with E-state index in [1.165, 1.54) is 49.5 Å². The third kappa shape index (κ3) is 4.34. The number of methoxy groups -OCH3 is 2. The zero-order valence-electron chi connectivity index (χ0n) is 14.9. The average Bonchev–Trinajstić information content (AvgIpc) is 3.18. The first kappa shape index (κ1) is 19.1. The normalized spacial score (nSPS) is 10.6. The predicted molar refractivity (Wildman–Crippen MR) is 95.5 cm³/mol. The van der Waals surface area contributed by atoms with Crippen LogP contribution in [0.5, 0.6) is 17.2 Å². The number of hydrogen-bond acceptors (Lipinski definition) is 6. The zero-order valence-corrected chi connectivity index (χ0v) is 14.9. The number of rotatable bonds is 7. The Balaban J connectivity index is 1.72. The molecule has 0 atom stereocenters. The van der Waals surface area contributed by atoms with E-state index in [2.05, 4.69) is 20.1 Å². The number of aromatic nitrogens is 3. The number of carbonyl (C=O) groups excluding carboxylic acids is 1. The highest BCUT2D eigenvalue weighted by atomic mass is 19.3. The Kier molecular flexibility index (Phi) is 5.68. The molecule has 1 heterocycles. The van der Waals surface area contributed by atoms with E-state index < -0.39 is 12.5 Å². The number of nitrogens with one attached hydrogen (secondary N) is 1. The molecule has 0 radical (unpaired) electrons. The lowest BCUT2D eigenvalue weighted by Crippen LogP contribution is -2.14. The lowest BCUT2D eigenvalue weighted by molar-refractivity contribution is -0.0498. The molecular weight excluding hydrogens is 374 g/mol. The Labute approximate surface area is 158 Å². The first-order valence-electron chi connectivity index (χ1n) is 8.00. The highest BCUT2D eigenvalue weighted by Gasteiger charge is 2.14. The highest BCUT2D eigenvalue weighted by molar-refractivity contribution is 6.01. The van der Waals surface area contributed by atoms with Crippen LogP contribution in [0.3, 0.4) is 0 Å². The summed E-state index contributed by atoms with van der Waals surface area (Å²) in [7, 11) is 3.00. The molecule has 0 saturated heterocycles. The highest BCUT2D eigenvalue weighted by Crippen LogP contribution is 2.29. The third-order valence-electron chi connectivity index (χ3n) is 3.66. The Morgan fingerprint density at radius 1 is 1.07 bits per heavy atom. The fraction of sp³-hybridized carbons (Fsp3) is 0.167. The molecule has 0 fully saturated rings. The number of nitrogens with zero attached hydrogens (tertiary/aromatic N) is 3. The number of alkyl halides is 2. The summed E-state index contributed by atoms with van der Waals surface area (Å²) in [5.41, 5.74) is 1.01. The number of benzene rings is 2. The van der Waals surface area contributed by atoms with Crippen LogP contribution in [0.2, 0.25) is 0 Å².